The van der Waals surface area contributed by atoms with E-state index in [2.05, 4.69) is 32.9 Å². The summed E-state index contributed by atoms with van der Waals surface area (Å²) in [6.45, 7) is 10.1. The number of guanidine groups is 1. The zero-order valence-electron chi connectivity index (χ0n) is 16.9. The number of nitrogens with one attached hydrogen (secondary N) is 3. The van der Waals surface area contributed by atoms with Crippen LogP contribution in [-0.4, -0.2) is 43.0 Å². The third-order valence-corrected chi connectivity index (χ3v) is 5.28. The summed E-state index contributed by atoms with van der Waals surface area (Å²) in [5, 5.41) is 10.2. The summed E-state index contributed by atoms with van der Waals surface area (Å²) in [4.78, 5) is 22.4. The lowest BCUT2D eigenvalue weighted by atomic mass is 10.1. The number of rotatable bonds is 8. The number of carbonyl (C=O) groups is 1. The second kappa shape index (κ2) is 10.8. The molecule has 6 nitrogen and oxygen atoms in total. The molecular formula is C20H28FN5OS. The summed E-state index contributed by atoms with van der Waals surface area (Å²) in [6, 6.07) is 4.48. The Labute approximate surface area is 169 Å². The molecule has 3 N–H and O–H groups in total. The Morgan fingerprint density at radius 3 is 2.57 bits per heavy atom. The smallest absolute Gasteiger partial charge is 0.251 e. The van der Waals surface area contributed by atoms with Crippen molar-refractivity contribution >= 4 is 23.2 Å². The Morgan fingerprint density at radius 2 is 1.93 bits per heavy atom. The lowest BCUT2D eigenvalue weighted by Gasteiger charge is -2.12. The molecular weight excluding hydrogens is 377 g/mol. The number of halogens is 1. The fourth-order valence-electron chi connectivity index (χ4n) is 2.44. The minimum absolute atomic E-state index is 0.294. The van der Waals surface area contributed by atoms with E-state index in [9.17, 15) is 9.18 Å². The molecule has 0 unspecified atom stereocenters. The van der Waals surface area contributed by atoms with E-state index in [4.69, 9.17) is 0 Å². The first-order chi connectivity index (χ1) is 13.4. The first kappa shape index (κ1) is 21.8. The summed E-state index contributed by atoms with van der Waals surface area (Å²) >= 11 is 1.71. The summed E-state index contributed by atoms with van der Waals surface area (Å²) in [6.07, 6.45) is 0.797. The number of nitrogens with zero attached hydrogens (tertiary/aromatic N) is 2. The SMILES string of the molecule is CCNC(=NCCc1nc(C)c(C)s1)NCCNC(=O)c1ccc(C)c(F)c1. The summed E-state index contributed by atoms with van der Waals surface area (Å²) < 4.78 is 13.6. The summed E-state index contributed by atoms with van der Waals surface area (Å²) in [5.41, 5.74) is 1.92. The average molecular weight is 406 g/mol. The van der Waals surface area contributed by atoms with Crippen LogP contribution in [0.3, 0.4) is 0 Å². The molecule has 1 heterocycles. The van der Waals surface area contributed by atoms with Gasteiger partial charge in [-0.15, -0.1) is 11.3 Å². The van der Waals surface area contributed by atoms with Gasteiger partial charge in [0, 0.05) is 43.0 Å². The van der Waals surface area contributed by atoms with Crippen LogP contribution >= 0.6 is 11.3 Å². The van der Waals surface area contributed by atoms with Gasteiger partial charge in [0.25, 0.3) is 5.91 Å². The number of aromatic nitrogens is 1. The fourth-order valence-corrected chi connectivity index (χ4v) is 3.37. The third kappa shape index (κ3) is 6.60. The Bertz CT molecular complexity index is 814. The Kier molecular flexibility index (Phi) is 8.38. The number of aliphatic imine (C=N–C) groups is 1. The number of hydrogen-bond donors (Lipinski definition) is 3. The molecule has 152 valence electrons. The van der Waals surface area contributed by atoms with E-state index >= 15 is 0 Å². The Balaban J connectivity index is 1.77. The van der Waals surface area contributed by atoms with E-state index < -0.39 is 0 Å². The van der Waals surface area contributed by atoms with Gasteiger partial charge in [0.2, 0.25) is 0 Å². The molecule has 1 amide bonds. The van der Waals surface area contributed by atoms with E-state index in [0.717, 1.165) is 23.7 Å². The quantitative estimate of drug-likeness (QED) is 0.358. The molecule has 2 rings (SSSR count). The largest absolute Gasteiger partial charge is 0.357 e. The van der Waals surface area contributed by atoms with E-state index in [-0.39, 0.29) is 11.7 Å². The molecule has 8 heteroatoms. The van der Waals surface area contributed by atoms with Gasteiger partial charge >= 0.3 is 0 Å². The predicted molar refractivity (Wildman–Crippen MR) is 113 cm³/mol. The molecule has 1 aromatic carbocycles. The fraction of sp³-hybridized carbons (Fsp3) is 0.450. The number of hydrogen-bond acceptors (Lipinski definition) is 4. The molecule has 28 heavy (non-hydrogen) atoms. The molecule has 1 aromatic heterocycles. The molecule has 0 spiro atoms. The van der Waals surface area contributed by atoms with Gasteiger partial charge in [-0.05, 0) is 45.4 Å². The predicted octanol–water partition coefficient (Wildman–Crippen LogP) is 2.74. The van der Waals surface area contributed by atoms with Gasteiger partial charge in [-0.1, -0.05) is 6.07 Å². The van der Waals surface area contributed by atoms with Crippen LogP contribution in [0.25, 0.3) is 0 Å². The molecule has 0 saturated heterocycles. The van der Waals surface area contributed by atoms with Crippen LogP contribution in [0.15, 0.2) is 23.2 Å². The van der Waals surface area contributed by atoms with Gasteiger partial charge in [0.1, 0.15) is 5.82 Å². The number of thiazole rings is 1. The first-order valence-electron chi connectivity index (χ1n) is 9.40. The van der Waals surface area contributed by atoms with Crippen molar-refractivity contribution in [2.45, 2.75) is 34.1 Å². The van der Waals surface area contributed by atoms with Crippen molar-refractivity contribution < 1.29 is 9.18 Å². The molecule has 0 aliphatic heterocycles. The second-order valence-corrected chi connectivity index (χ2v) is 7.69. The summed E-state index contributed by atoms with van der Waals surface area (Å²) in [5.74, 6) is 0.0261. The van der Waals surface area contributed by atoms with Crippen LogP contribution in [0.4, 0.5) is 4.39 Å². The molecule has 0 aliphatic carbocycles. The van der Waals surface area contributed by atoms with Crippen molar-refractivity contribution in [3.05, 3.63) is 50.7 Å². The standard InChI is InChI=1S/C20H28FN5OS/c1-5-22-20(24-9-8-18-26-14(3)15(4)28-18)25-11-10-23-19(27)16-7-6-13(2)17(21)12-16/h6-7,12H,5,8-11H2,1-4H3,(H,23,27)(H2,22,24,25). The minimum Gasteiger partial charge on any atom is -0.357 e. The minimum atomic E-state index is -0.377. The van der Waals surface area contributed by atoms with Crippen molar-refractivity contribution in [3.63, 3.8) is 0 Å². The third-order valence-electron chi connectivity index (χ3n) is 4.15. The lowest BCUT2D eigenvalue weighted by molar-refractivity contribution is 0.0954. The van der Waals surface area contributed by atoms with Crippen LogP contribution in [0, 0.1) is 26.6 Å². The summed E-state index contributed by atoms with van der Waals surface area (Å²) in [7, 11) is 0. The molecule has 0 fully saturated rings. The Hall–Kier alpha value is -2.48. The number of aryl methyl sites for hydroxylation is 3. The average Bonchev–Trinajstić information content (AvgIpc) is 2.98. The monoisotopic (exact) mass is 405 g/mol. The first-order valence-corrected chi connectivity index (χ1v) is 10.2. The second-order valence-electron chi connectivity index (χ2n) is 6.41. The highest BCUT2D eigenvalue weighted by Gasteiger charge is 2.08. The van der Waals surface area contributed by atoms with Gasteiger partial charge in [-0.25, -0.2) is 9.37 Å². The van der Waals surface area contributed by atoms with Gasteiger partial charge in [0.05, 0.1) is 10.7 Å². The van der Waals surface area contributed by atoms with Crippen molar-refractivity contribution in [1.82, 2.24) is 20.9 Å². The van der Waals surface area contributed by atoms with Crippen molar-refractivity contribution in [3.8, 4) is 0 Å². The van der Waals surface area contributed by atoms with Crippen LogP contribution in [0.5, 0.6) is 0 Å². The van der Waals surface area contributed by atoms with E-state index in [0.29, 0.717) is 36.7 Å². The molecule has 0 aliphatic rings. The van der Waals surface area contributed by atoms with E-state index in [1.807, 2.05) is 13.8 Å². The van der Waals surface area contributed by atoms with Gasteiger partial charge in [-0.3, -0.25) is 9.79 Å². The van der Waals surface area contributed by atoms with E-state index in [1.165, 1.54) is 10.9 Å². The molecule has 0 bridgehead atoms. The van der Waals surface area contributed by atoms with Crippen LogP contribution in [0.2, 0.25) is 0 Å². The highest BCUT2D eigenvalue weighted by Crippen LogP contribution is 2.16. The lowest BCUT2D eigenvalue weighted by Crippen LogP contribution is -2.41. The maximum absolute atomic E-state index is 13.6. The molecule has 0 saturated carbocycles. The zero-order valence-corrected chi connectivity index (χ0v) is 17.7. The van der Waals surface area contributed by atoms with E-state index in [1.54, 1.807) is 30.4 Å². The molecule has 2 aromatic rings. The maximum Gasteiger partial charge on any atom is 0.251 e. The number of benzene rings is 1. The number of amides is 1. The topological polar surface area (TPSA) is 78.4 Å². The van der Waals surface area contributed by atoms with Crippen LogP contribution < -0.4 is 16.0 Å². The Morgan fingerprint density at radius 1 is 1.18 bits per heavy atom. The molecule has 0 atom stereocenters. The normalized spacial score (nSPS) is 11.4. The van der Waals surface area contributed by atoms with Gasteiger partial charge in [-0.2, -0.15) is 0 Å². The van der Waals surface area contributed by atoms with Gasteiger partial charge in [0.15, 0.2) is 5.96 Å². The van der Waals surface area contributed by atoms with Gasteiger partial charge < -0.3 is 16.0 Å². The highest BCUT2D eigenvalue weighted by molar-refractivity contribution is 7.11. The van der Waals surface area contributed by atoms with Crippen molar-refractivity contribution in [1.29, 1.82) is 0 Å². The number of carbonyl (C=O) groups excluding carboxylic acids is 1. The highest BCUT2D eigenvalue weighted by atomic mass is 32.1. The van der Waals surface area contributed by atoms with Crippen molar-refractivity contribution in [2.24, 2.45) is 4.99 Å². The molecule has 0 radical (unpaired) electrons. The van der Waals surface area contributed by atoms with Crippen LogP contribution in [0.1, 0.15) is 38.4 Å². The zero-order chi connectivity index (χ0) is 20.5. The van der Waals surface area contributed by atoms with Crippen LogP contribution in [-0.2, 0) is 6.42 Å². The maximum atomic E-state index is 13.6. The van der Waals surface area contributed by atoms with Crippen molar-refractivity contribution in [2.75, 3.05) is 26.2 Å².